The molecule has 3 N–H and O–H groups in total. The molecule has 4 rings (SSSR count). The molecule has 0 bridgehead atoms. The number of nitrogens with zero attached hydrogens (tertiary/aromatic N) is 4. The number of halogens is 1. The van der Waals surface area contributed by atoms with Crippen LogP contribution in [0.3, 0.4) is 0 Å². The number of aliphatic carboxylic acids is 1. The number of rotatable bonds is 15. The first-order valence-electron chi connectivity index (χ1n) is 13.2. The van der Waals surface area contributed by atoms with E-state index in [0.717, 1.165) is 62.5 Å². The number of carboxylic acid groups (broad SMARTS) is 1. The number of ether oxygens (including phenoxy) is 1. The molecule has 0 saturated carbocycles. The minimum atomic E-state index is -0.914. The van der Waals surface area contributed by atoms with Gasteiger partial charge in [0.05, 0.1) is 4.47 Å². The van der Waals surface area contributed by atoms with Gasteiger partial charge in [0, 0.05) is 31.5 Å². The maximum absolute atomic E-state index is 12.0. The molecule has 1 atom stereocenters. The molecule has 0 aliphatic carbocycles. The van der Waals surface area contributed by atoms with E-state index in [2.05, 4.69) is 53.6 Å². The number of hydrogen-bond donors (Lipinski definition) is 3. The molecule has 0 spiro atoms. The number of hydrogen-bond acceptors (Lipinski definition) is 8. The molecule has 1 aliphatic heterocycles. The van der Waals surface area contributed by atoms with Gasteiger partial charge in [-0.05, 0) is 84.8 Å². The van der Waals surface area contributed by atoms with E-state index < -0.39 is 12.0 Å². The van der Waals surface area contributed by atoms with Crippen LogP contribution < -0.4 is 15.4 Å². The Morgan fingerprint density at radius 2 is 2.03 bits per heavy atom. The fourth-order valence-corrected chi connectivity index (χ4v) is 4.78. The van der Waals surface area contributed by atoms with Crippen LogP contribution >= 0.6 is 15.9 Å². The van der Waals surface area contributed by atoms with Crippen LogP contribution in [0.5, 0.6) is 5.75 Å². The van der Waals surface area contributed by atoms with E-state index >= 15 is 0 Å². The van der Waals surface area contributed by atoms with Crippen molar-refractivity contribution >= 4 is 33.5 Å². The molecule has 1 unspecified atom stereocenters. The fourth-order valence-electron chi connectivity index (χ4n) is 4.45. The molecule has 0 fully saturated rings. The van der Waals surface area contributed by atoms with E-state index in [1.165, 1.54) is 11.9 Å². The van der Waals surface area contributed by atoms with Gasteiger partial charge in [0.1, 0.15) is 36.4 Å². The van der Waals surface area contributed by atoms with Crippen molar-refractivity contribution in [2.24, 2.45) is 0 Å². The third-order valence-electron chi connectivity index (χ3n) is 6.54. The molecule has 3 aromatic rings. The lowest BCUT2D eigenvalue weighted by atomic mass is 10.1. The first-order valence-corrected chi connectivity index (χ1v) is 14.0. The van der Waals surface area contributed by atoms with Gasteiger partial charge in [-0.2, -0.15) is 0 Å². The molecule has 0 amide bonds. The van der Waals surface area contributed by atoms with Crippen molar-refractivity contribution in [3.63, 3.8) is 0 Å². The van der Waals surface area contributed by atoms with Crippen molar-refractivity contribution in [1.82, 2.24) is 19.9 Å². The van der Waals surface area contributed by atoms with Crippen molar-refractivity contribution in [1.29, 1.82) is 0 Å². The highest BCUT2D eigenvalue weighted by atomic mass is 79.9. The van der Waals surface area contributed by atoms with Gasteiger partial charge in [0.25, 0.3) is 0 Å². The Balaban J connectivity index is 1.30. The zero-order valence-electron chi connectivity index (χ0n) is 21.5. The smallest absolute Gasteiger partial charge is 0.326 e. The maximum Gasteiger partial charge on any atom is 0.326 e. The minimum Gasteiger partial charge on any atom is -0.492 e. The number of pyridine rings is 1. The molecule has 10 heteroatoms. The molecular weight excluding hydrogens is 548 g/mol. The summed E-state index contributed by atoms with van der Waals surface area (Å²) in [6.07, 6.45) is 8.58. The summed E-state index contributed by atoms with van der Waals surface area (Å²) < 4.78 is 6.55. The molecule has 202 valence electrons. The monoisotopic (exact) mass is 582 g/mol. The summed E-state index contributed by atoms with van der Waals surface area (Å²) in [5.41, 5.74) is 2.42. The number of aryl methyl sites for hydroxylation is 2. The van der Waals surface area contributed by atoms with Crippen LogP contribution in [-0.2, 0) is 17.6 Å². The summed E-state index contributed by atoms with van der Waals surface area (Å²) in [7, 11) is 0. The highest BCUT2D eigenvalue weighted by molar-refractivity contribution is 9.10. The van der Waals surface area contributed by atoms with Gasteiger partial charge in [-0.3, -0.25) is 4.90 Å². The number of fused-ring (bicyclic) bond motifs is 1. The molecule has 2 aromatic heterocycles. The summed E-state index contributed by atoms with van der Waals surface area (Å²) in [5, 5.41) is 16.2. The van der Waals surface area contributed by atoms with Crippen molar-refractivity contribution in [3.05, 3.63) is 70.7 Å². The van der Waals surface area contributed by atoms with Gasteiger partial charge in [-0.1, -0.05) is 24.3 Å². The largest absolute Gasteiger partial charge is 0.492 e. The second kappa shape index (κ2) is 14.6. The number of carbonyl (C=O) groups is 1. The lowest BCUT2D eigenvalue weighted by molar-refractivity contribution is -0.138. The summed E-state index contributed by atoms with van der Waals surface area (Å²) in [6, 6.07) is 13.3. The van der Waals surface area contributed by atoms with Gasteiger partial charge in [0.15, 0.2) is 0 Å². The van der Waals surface area contributed by atoms with E-state index in [0.29, 0.717) is 36.4 Å². The fraction of sp³-hybridized carbons (Fsp3) is 0.429. The van der Waals surface area contributed by atoms with Crippen LogP contribution in [0.15, 0.2) is 59.5 Å². The molecule has 9 nitrogen and oxygen atoms in total. The third-order valence-corrected chi connectivity index (χ3v) is 7.12. The van der Waals surface area contributed by atoms with Crippen molar-refractivity contribution in [2.75, 3.05) is 43.4 Å². The molecule has 1 aromatic carbocycles. The average molecular weight is 584 g/mol. The molecular formula is C28H35BrN6O3. The first kappa shape index (κ1) is 27.8. The normalized spacial score (nSPS) is 13.4. The summed E-state index contributed by atoms with van der Waals surface area (Å²) in [4.78, 5) is 27.1. The van der Waals surface area contributed by atoms with Crippen LogP contribution in [0.2, 0.25) is 0 Å². The highest BCUT2D eigenvalue weighted by Gasteiger charge is 2.20. The highest BCUT2D eigenvalue weighted by Crippen LogP contribution is 2.21. The number of nitrogens with one attached hydrogen (secondary N) is 2. The van der Waals surface area contributed by atoms with Crippen LogP contribution in [0, 0.1) is 0 Å². The molecule has 0 radical (unpaired) electrons. The zero-order valence-corrected chi connectivity index (χ0v) is 23.1. The Morgan fingerprint density at radius 1 is 1.16 bits per heavy atom. The minimum absolute atomic E-state index is 0.426. The van der Waals surface area contributed by atoms with Crippen molar-refractivity contribution in [2.45, 2.75) is 44.6 Å². The van der Waals surface area contributed by atoms with Gasteiger partial charge in [-0.25, -0.2) is 19.7 Å². The third kappa shape index (κ3) is 8.66. The van der Waals surface area contributed by atoms with Gasteiger partial charge in [0.2, 0.25) is 0 Å². The Bertz CT molecular complexity index is 1170. The first-order chi connectivity index (χ1) is 18.6. The van der Waals surface area contributed by atoms with E-state index in [1.54, 1.807) is 6.20 Å². The van der Waals surface area contributed by atoms with Crippen LogP contribution in [-0.4, -0.2) is 69.8 Å². The lowest BCUT2D eigenvalue weighted by Crippen LogP contribution is -2.37. The number of unbranched alkanes of at least 4 members (excludes halogenated alkanes) is 1. The van der Waals surface area contributed by atoms with E-state index in [-0.39, 0.29) is 0 Å². The topological polar surface area (TPSA) is 112 Å². The van der Waals surface area contributed by atoms with Gasteiger partial charge in [-0.15, -0.1) is 0 Å². The molecule has 1 aliphatic rings. The maximum atomic E-state index is 12.0. The lowest BCUT2D eigenvalue weighted by Gasteiger charge is -2.25. The number of anilines is 2. The molecule has 3 heterocycles. The summed E-state index contributed by atoms with van der Waals surface area (Å²) in [5.74, 6) is 1.43. The zero-order chi connectivity index (χ0) is 26.6. The molecule has 0 saturated heterocycles. The molecule has 38 heavy (non-hydrogen) atoms. The Kier molecular flexibility index (Phi) is 10.7. The van der Waals surface area contributed by atoms with E-state index in [4.69, 9.17) is 9.72 Å². The number of carboxylic acids is 1. The van der Waals surface area contributed by atoms with E-state index in [1.807, 2.05) is 30.3 Å². The quantitative estimate of drug-likeness (QED) is 0.220. The second-order valence-corrected chi connectivity index (χ2v) is 10.2. The van der Waals surface area contributed by atoms with E-state index in [9.17, 15) is 9.90 Å². The predicted octanol–water partition coefficient (Wildman–Crippen LogP) is 4.65. The summed E-state index contributed by atoms with van der Waals surface area (Å²) in [6.45, 7) is 3.70. The van der Waals surface area contributed by atoms with Crippen molar-refractivity contribution < 1.29 is 14.6 Å². The SMILES string of the molecule is O=C(O)C(CCN(CCCCc1ccc2c(n1)NCCC2)CCOc1ccccc1)Nc1ncncc1Br. The second-order valence-electron chi connectivity index (χ2n) is 9.34. The van der Waals surface area contributed by atoms with Crippen LogP contribution in [0.1, 0.15) is 36.9 Å². The summed E-state index contributed by atoms with van der Waals surface area (Å²) >= 11 is 3.38. The van der Waals surface area contributed by atoms with Crippen LogP contribution in [0.4, 0.5) is 11.6 Å². The van der Waals surface area contributed by atoms with Gasteiger partial charge < -0.3 is 20.5 Å². The average Bonchev–Trinajstić information content (AvgIpc) is 2.94. The Hall–Kier alpha value is -3.24. The number of para-hydroxylation sites is 1. The number of aromatic nitrogens is 3. The van der Waals surface area contributed by atoms with Crippen molar-refractivity contribution in [3.8, 4) is 5.75 Å². The van der Waals surface area contributed by atoms with Crippen LogP contribution in [0.25, 0.3) is 0 Å². The Morgan fingerprint density at radius 3 is 2.84 bits per heavy atom. The Labute approximate surface area is 232 Å². The standard InChI is InChI=1S/C28H35BrN6O3/c29-24-19-30-20-32-27(24)34-25(28(36)37)13-16-35(17-18-38-23-9-2-1-3-10-23)15-5-4-8-22-12-11-21-7-6-14-31-26(21)33-22/h1-3,9-12,19-20,25H,4-8,13-18H2,(H,31,33)(H,36,37)(H,30,32,34). The van der Waals surface area contributed by atoms with Gasteiger partial charge >= 0.3 is 5.97 Å². The predicted molar refractivity (Wildman–Crippen MR) is 152 cm³/mol. The number of benzene rings is 1.